The molecule has 1 heterocycles. The van der Waals surface area contributed by atoms with E-state index in [9.17, 15) is 14.7 Å². The van der Waals surface area contributed by atoms with E-state index < -0.39 is 11.9 Å². The van der Waals surface area contributed by atoms with Crippen molar-refractivity contribution in [3.63, 3.8) is 0 Å². The summed E-state index contributed by atoms with van der Waals surface area (Å²) in [6.07, 6.45) is 2.78. The molecule has 1 saturated carbocycles. The summed E-state index contributed by atoms with van der Waals surface area (Å²) in [4.78, 5) is 29.8. The maximum Gasteiger partial charge on any atom is 0.410 e. The number of aliphatic hydroxyl groups excluding tert-OH is 1. The van der Waals surface area contributed by atoms with Gasteiger partial charge in [0.2, 0.25) is 0 Å². The number of carbonyl (C=O) groups excluding carboxylic acids is 2. The summed E-state index contributed by atoms with van der Waals surface area (Å²) in [5, 5.41) is 13.1. The van der Waals surface area contributed by atoms with Crippen molar-refractivity contribution in [2.45, 2.75) is 97.3 Å². The number of anilines is 1. The summed E-state index contributed by atoms with van der Waals surface area (Å²) in [5.41, 5.74) is 3.85. The lowest BCUT2D eigenvalue weighted by molar-refractivity contribution is -0.122. The van der Waals surface area contributed by atoms with Crippen LogP contribution in [-0.4, -0.2) is 84.1 Å². The maximum atomic E-state index is 13.0. The first kappa shape index (κ1) is 33.7. The van der Waals surface area contributed by atoms with Gasteiger partial charge >= 0.3 is 6.09 Å². The molecule has 1 saturated heterocycles. The van der Waals surface area contributed by atoms with Gasteiger partial charge in [0.25, 0.3) is 0 Å². The van der Waals surface area contributed by atoms with E-state index in [1.165, 1.54) is 18.2 Å². The molecule has 9 heteroatoms. The minimum absolute atomic E-state index is 0.0484. The number of hydrogen-bond donors (Lipinski definition) is 2. The van der Waals surface area contributed by atoms with Gasteiger partial charge in [0, 0.05) is 57.4 Å². The van der Waals surface area contributed by atoms with Crippen molar-refractivity contribution < 1.29 is 28.9 Å². The minimum atomic E-state index is -0.828. The zero-order valence-electron chi connectivity index (χ0n) is 27.3. The van der Waals surface area contributed by atoms with Crippen LogP contribution in [0.4, 0.5) is 10.5 Å². The second kappa shape index (κ2) is 15.2. The van der Waals surface area contributed by atoms with E-state index in [-0.39, 0.29) is 29.9 Å². The predicted molar refractivity (Wildman–Crippen MR) is 172 cm³/mol. The molecule has 2 N–H and O–H groups in total. The summed E-state index contributed by atoms with van der Waals surface area (Å²) in [5.74, 6) is 1.09. The highest BCUT2D eigenvalue weighted by atomic mass is 16.6. The first-order chi connectivity index (χ1) is 20.9. The molecule has 1 aliphatic heterocycles. The molecule has 2 fully saturated rings. The van der Waals surface area contributed by atoms with Crippen LogP contribution in [0, 0.1) is 12.8 Å². The quantitative estimate of drug-likeness (QED) is 0.320. The van der Waals surface area contributed by atoms with E-state index in [1.807, 2.05) is 49.9 Å². The van der Waals surface area contributed by atoms with Crippen LogP contribution in [-0.2, 0) is 27.2 Å². The molecule has 0 unspecified atom stereocenters. The molecule has 2 aromatic carbocycles. The number of rotatable bonds is 11. The van der Waals surface area contributed by atoms with Gasteiger partial charge in [-0.25, -0.2) is 4.79 Å². The van der Waals surface area contributed by atoms with Gasteiger partial charge in [-0.2, -0.15) is 0 Å². The first-order valence-corrected chi connectivity index (χ1v) is 15.9. The third-order valence-corrected chi connectivity index (χ3v) is 8.56. The molecule has 44 heavy (non-hydrogen) atoms. The van der Waals surface area contributed by atoms with Crippen LogP contribution in [0.5, 0.6) is 5.75 Å². The largest absolute Gasteiger partial charge is 0.490 e. The van der Waals surface area contributed by atoms with E-state index in [1.54, 1.807) is 0 Å². The molecule has 4 rings (SSSR count). The summed E-state index contributed by atoms with van der Waals surface area (Å²) < 4.78 is 16.7. The zero-order chi connectivity index (χ0) is 31.9. The minimum Gasteiger partial charge on any atom is -0.490 e. The van der Waals surface area contributed by atoms with Gasteiger partial charge < -0.3 is 29.5 Å². The lowest BCUT2D eigenvalue weighted by Gasteiger charge is -2.40. The summed E-state index contributed by atoms with van der Waals surface area (Å²) >= 11 is 0. The number of nitrogens with zero attached hydrogens (tertiary/aromatic N) is 2. The molecule has 0 bridgehead atoms. The topological polar surface area (TPSA) is 101 Å². The number of aliphatic hydroxyl groups is 1. The average molecular weight is 610 g/mol. The number of benzene rings is 2. The van der Waals surface area contributed by atoms with Crippen molar-refractivity contribution in [3.05, 3.63) is 59.2 Å². The van der Waals surface area contributed by atoms with Crippen molar-refractivity contribution in [1.82, 2.24) is 9.80 Å². The molecular weight excluding hydrogens is 558 g/mol. The van der Waals surface area contributed by atoms with Crippen molar-refractivity contribution in [2.24, 2.45) is 5.92 Å². The van der Waals surface area contributed by atoms with Crippen LogP contribution < -0.4 is 10.1 Å². The number of nitrogens with one attached hydrogen (secondary N) is 1. The summed E-state index contributed by atoms with van der Waals surface area (Å²) in [7, 11) is 1.49. The van der Waals surface area contributed by atoms with Crippen LogP contribution in [0.1, 0.15) is 70.1 Å². The Hall–Kier alpha value is -3.14. The van der Waals surface area contributed by atoms with Gasteiger partial charge in [-0.3, -0.25) is 9.69 Å². The Morgan fingerprint density at radius 3 is 2.48 bits per heavy atom. The lowest BCUT2D eigenvalue weighted by atomic mass is 9.84. The maximum absolute atomic E-state index is 13.0. The Balaban J connectivity index is 1.19. The molecule has 1 aliphatic carbocycles. The van der Waals surface area contributed by atoms with Crippen LogP contribution in [0.25, 0.3) is 0 Å². The number of hydrogen-bond acceptors (Lipinski definition) is 8. The van der Waals surface area contributed by atoms with Crippen LogP contribution in [0.3, 0.4) is 0 Å². The smallest absolute Gasteiger partial charge is 0.410 e. The number of carbonyl (C=O) groups is 2. The number of ketones is 1. The lowest BCUT2D eigenvalue weighted by Crippen LogP contribution is -2.54. The van der Waals surface area contributed by atoms with Crippen LogP contribution >= 0.6 is 0 Å². The normalized spacial score (nSPS) is 21.9. The number of amides is 1. The fraction of sp³-hybridized carbons (Fsp3) is 0.600. The molecule has 2 atom stereocenters. The molecule has 0 radical (unpaired) electrons. The SMILES string of the molecule is CO[C@H](O)Cc1cccc(OC2CCC(C(=O)CNc3ccc(CN4CCN(C(=O)OC(C)(C)C)[C@@H](C)C4)c(C)c3)CC2)c1. The van der Waals surface area contributed by atoms with Crippen molar-refractivity contribution in [1.29, 1.82) is 0 Å². The standard InChI is InChI=1S/C35H51N3O6/c1-24-18-29(13-10-28(24)23-37-16-17-38(25(2)22-37)34(41)44-35(3,4)5)36-21-32(39)27-11-14-30(15-12-27)43-31-9-7-8-26(19-31)20-33(40)42-6/h7-10,13,18-19,25,27,30,33,36,40H,11-12,14-17,20-23H2,1-6H3/t25-,27?,30?,33-/m0/s1. The summed E-state index contributed by atoms with van der Waals surface area (Å²) in [6.45, 7) is 13.3. The highest BCUT2D eigenvalue weighted by Crippen LogP contribution is 2.29. The Labute approximate surface area is 262 Å². The second-order valence-corrected chi connectivity index (χ2v) is 13.4. The highest BCUT2D eigenvalue weighted by molar-refractivity contribution is 5.85. The fourth-order valence-electron chi connectivity index (χ4n) is 6.05. The van der Waals surface area contributed by atoms with Gasteiger partial charge in [-0.05, 0) is 101 Å². The van der Waals surface area contributed by atoms with Crippen molar-refractivity contribution in [2.75, 3.05) is 38.6 Å². The van der Waals surface area contributed by atoms with Crippen molar-refractivity contribution >= 4 is 17.6 Å². The van der Waals surface area contributed by atoms with E-state index in [0.717, 1.165) is 62.3 Å². The van der Waals surface area contributed by atoms with Gasteiger partial charge in [0.1, 0.15) is 11.4 Å². The van der Waals surface area contributed by atoms with Gasteiger partial charge in [-0.15, -0.1) is 0 Å². The van der Waals surface area contributed by atoms with Crippen LogP contribution in [0.2, 0.25) is 0 Å². The predicted octanol–water partition coefficient (Wildman–Crippen LogP) is 5.56. The van der Waals surface area contributed by atoms with E-state index in [2.05, 4.69) is 42.3 Å². The number of ether oxygens (including phenoxy) is 3. The molecule has 242 valence electrons. The van der Waals surface area contributed by atoms with Gasteiger partial charge in [0.05, 0.1) is 12.6 Å². The Kier molecular flexibility index (Phi) is 11.7. The monoisotopic (exact) mass is 609 g/mol. The second-order valence-electron chi connectivity index (χ2n) is 13.4. The Morgan fingerprint density at radius 2 is 1.82 bits per heavy atom. The number of piperazine rings is 1. The van der Waals surface area contributed by atoms with Crippen molar-refractivity contribution in [3.8, 4) is 5.75 Å². The first-order valence-electron chi connectivity index (χ1n) is 15.9. The van der Waals surface area contributed by atoms with E-state index in [0.29, 0.717) is 19.5 Å². The molecule has 1 amide bonds. The average Bonchev–Trinajstić information content (AvgIpc) is 2.97. The highest BCUT2D eigenvalue weighted by Gasteiger charge is 2.31. The molecule has 0 aromatic heterocycles. The van der Waals surface area contributed by atoms with Gasteiger partial charge in [-0.1, -0.05) is 18.2 Å². The summed E-state index contributed by atoms with van der Waals surface area (Å²) in [6, 6.07) is 14.2. The molecular formula is C35H51N3O6. The molecule has 2 aliphatic rings. The third-order valence-electron chi connectivity index (χ3n) is 8.56. The number of aryl methyl sites for hydroxylation is 1. The third kappa shape index (κ3) is 9.94. The molecule has 0 spiro atoms. The number of methoxy groups -OCH3 is 1. The van der Waals surface area contributed by atoms with E-state index in [4.69, 9.17) is 14.2 Å². The Bertz CT molecular complexity index is 1250. The fourth-order valence-corrected chi connectivity index (χ4v) is 6.05. The zero-order valence-corrected chi connectivity index (χ0v) is 27.3. The van der Waals surface area contributed by atoms with Crippen LogP contribution in [0.15, 0.2) is 42.5 Å². The van der Waals surface area contributed by atoms with E-state index >= 15 is 0 Å². The molecule has 9 nitrogen and oxygen atoms in total. The Morgan fingerprint density at radius 1 is 1.07 bits per heavy atom. The molecule has 2 aromatic rings. The van der Waals surface area contributed by atoms with Gasteiger partial charge in [0.15, 0.2) is 12.1 Å². The number of Topliss-reactive ketones (excluding diaryl/α,β-unsaturated/α-hetero) is 1.